The van der Waals surface area contributed by atoms with Gasteiger partial charge in [0.15, 0.2) is 5.60 Å². The van der Waals surface area contributed by atoms with Crippen molar-refractivity contribution in [1.29, 1.82) is 0 Å². The van der Waals surface area contributed by atoms with Gasteiger partial charge in [-0.25, -0.2) is 4.98 Å². The number of hydrogen-bond acceptors (Lipinski definition) is 5. The molecule has 1 aromatic rings. The minimum absolute atomic E-state index is 0.0247. The van der Waals surface area contributed by atoms with E-state index in [9.17, 15) is 9.59 Å². The van der Waals surface area contributed by atoms with E-state index in [4.69, 9.17) is 4.74 Å². The number of nitrogens with zero attached hydrogens (tertiary/aromatic N) is 4. The molecule has 0 radical (unpaired) electrons. The number of morpholine rings is 1. The van der Waals surface area contributed by atoms with Gasteiger partial charge in [0, 0.05) is 32.5 Å². The second-order valence-electron chi connectivity index (χ2n) is 6.24. The fourth-order valence-corrected chi connectivity index (χ4v) is 3.32. The monoisotopic (exact) mass is 318 g/mol. The highest BCUT2D eigenvalue weighted by Crippen LogP contribution is 2.29. The summed E-state index contributed by atoms with van der Waals surface area (Å²) in [4.78, 5) is 37.2. The van der Waals surface area contributed by atoms with Gasteiger partial charge in [-0.05, 0) is 26.2 Å². The van der Waals surface area contributed by atoms with Gasteiger partial charge in [-0.15, -0.1) is 0 Å². The molecule has 2 aliphatic rings. The first-order valence-corrected chi connectivity index (χ1v) is 8.00. The summed E-state index contributed by atoms with van der Waals surface area (Å²) < 4.78 is 5.89. The molecule has 3 rings (SSSR count). The molecule has 1 atom stereocenters. The second-order valence-corrected chi connectivity index (χ2v) is 6.24. The Hall–Kier alpha value is -2.02. The summed E-state index contributed by atoms with van der Waals surface area (Å²) in [6.45, 7) is 3.62. The Labute approximate surface area is 135 Å². The number of rotatable bonds is 1. The van der Waals surface area contributed by atoms with E-state index in [0.717, 1.165) is 19.4 Å². The van der Waals surface area contributed by atoms with E-state index < -0.39 is 5.60 Å². The lowest BCUT2D eigenvalue weighted by molar-refractivity contribution is -0.166. The third-order valence-electron chi connectivity index (χ3n) is 4.62. The van der Waals surface area contributed by atoms with Gasteiger partial charge in [-0.2, -0.15) is 0 Å². The van der Waals surface area contributed by atoms with Crippen LogP contribution in [0.15, 0.2) is 12.4 Å². The maximum absolute atomic E-state index is 12.8. The van der Waals surface area contributed by atoms with E-state index in [0.29, 0.717) is 31.0 Å². The summed E-state index contributed by atoms with van der Waals surface area (Å²) in [5.41, 5.74) is 0.0382. The number of likely N-dealkylation sites (N-methyl/N-ethyl adjacent to an activating group) is 1. The third-order valence-corrected chi connectivity index (χ3v) is 4.62. The summed E-state index contributed by atoms with van der Waals surface area (Å²) in [5, 5.41) is 0. The zero-order valence-electron chi connectivity index (χ0n) is 13.6. The largest absolute Gasteiger partial charge is 0.361 e. The van der Waals surface area contributed by atoms with Crippen molar-refractivity contribution in [3.05, 3.63) is 23.8 Å². The minimum Gasteiger partial charge on any atom is -0.361 e. The first-order chi connectivity index (χ1) is 11.0. The Morgan fingerprint density at radius 2 is 2.04 bits per heavy atom. The standard InChI is InChI=1S/C16H22N4O3/c1-12-13(18-7-6-17-12)14(21)20-9-10-23-16(11-20)5-3-4-8-19(2)15(16)22/h6-7H,3-5,8-11H2,1-2H3. The van der Waals surface area contributed by atoms with Crippen LogP contribution in [0.3, 0.4) is 0 Å². The van der Waals surface area contributed by atoms with Crippen molar-refractivity contribution in [2.75, 3.05) is 33.3 Å². The molecule has 1 aromatic heterocycles. The molecule has 7 heteroatoms. The van der Waals surface area contributed by atoms with Crippen LogP contribution in [0.25, 0.3) is 0 Å². The van der Waals surface area contributed by atoms with Gasteiger partial charge < -0.3 is 14.5 Å². The topological polar surface area (TPSA) is 75.6 Å². The number of aromatic nitrogens is 2. The quantitative estimate of drug-likeness (QED) is 0.759. The van der Waals surface area contributed by atoms with Gasteiger partial charge in [0.25, 0.3) is 11.8 Å². The Balaban J connectivity index is 1.84. The van der Waals surface area contributed by atoms with Crippen molar-refractivity contribution in [3.63, 3.8) is 0 Å². The summed E-state index contributed by atoms with van der Waals surface area (Å²) in [6.07, 6.45) is 5.62. The minimum atomic E-state index is -0.907. The molecule has 3 heterocycles. The Morgan fingerprint density at radius 1 is 1.26 bits per heavy atom. The smallest absolute Gasteiger partial charge is 0.274 e. The van der Waals surface area contributed by atoms with E-state index >= 15 is 0 Å². The first-order valence-electron chi connectivity index (χ1n) is 8.00. The van der Waals surface area contributed by atoms with E-state index in [1.807, 2.05) is 0 Å². The molecule has 1 unspecified atom stereocenters. The maximum atomic E-state index is 12.8. The summed E-state index contributed by atoms with van der Waals surface area (Å²) in [7, 11) is 1.80. The van der Waals surface area contributed by atoms with Crippen molar-refractivity contribution in [2.45, 2.75) is 31.8 Å². The van der Waals surface area contributed by atoms with Gasteiger partial charge in [0.1, 0.15) is 5.69 Å². The number of ether oxygens (including phenoxy) is 1. The van der Waals surface area contributed by atoms with E-state index in [-0.39, 0.29) is 18.4 Å². The fraction of sp³-hybridized carbons (Fsp3) is 0.625. The average molecular weight is 318 g/mol. The van der Waals surface area contributed by atoms with Crippen molar-refractivity contribution < 1.29 is 14.3 Å². The molecule has 0 aromatic carbocycles. The van der Waals surface area contributed by atoms with Crippen LogP contribution in [0.1, 0.15) is 35.4 Å². The molecule has 7 nitrogen and oxygen atoms in total. The number of amides is 2. The molecule has 0 N–H and O–H groups in total. The average Bonchev–Trinajstić information content (AvgIpc) is 2.69. The summed E-state index contributed by atoms with van der Waals surface area (Å²) in [5.74, 6) is -0.207. The normalized spacial score (nSPS) is 25.6. The first kappa shape index (κ1) is 15.9. The Kier molecular flexibility index (Phi) is 4.30. The molecule has 23 heavy (non-hydrogen) atoms. The highest BCUT2D eigenvalue weighted by molar-refractivity contribution is 5.94. The van der Waals surface area contributed by atoms with Crippen molar-refractivity contribution in [1.82, 2.24) is 19.8 Å². The number of hydrogen-bond donors (Lipinski definition) is 0. The molecule has 0 bridgehead atoms. The summed E-state index contributed by atoms with van der Waals surface area (Å²) in [6, 6.07) is 0. The summed E-state index contributed by atoms with van der Waals surface area (Å²) >= 11 is 0. The van der Waals surface area contributed by atoms with Crippen molar-refractivity contribution in [3.8, 4) is 0 Å². The second kappa shape index (κ2) is 6.23. The number of carbonyl (C=O) groups is 2. The number of carbonyl (C=O) groups excluding carboxylic acids is 2. The Bertz CT molecular complexity index is 621. The van der Waals surface area contributed by atoms with Crippen LogP contribution >= 0.6 is 0 Å². The molecule has 2 fully saturated rings. The van der Waals surface area contributed by atoms with Gasteiger partial charge in [0.2, 0.25) is 0 Å². The lowest BCUT2D eigenvalue weighted by atomic mass is 9.94. The van der Waals surface area contributed by atoms with Crippen LogP contribution in [-0.2, 0) is 9.53 Å². The van der Waals surface area contributed by atoms with Crippen LogP contribution < -0.4 is 0 Å². The van der Waals surface area contributed by atoms with Crippen LogP contribution in [0.2, 0.25) is 0 Å². The molecule has 124 valence electrons. The third kappa shape index (κ3) is 2.93. The van der Waals surface area contributed by atoms with Gasteiger partial charge in [0.05, 0.1) is 18.8 Å². The lowest BCUT2D eigenvalue weighted by Gasteiger charge is -2.42. The highest BCUT2D eigenvalue weighted by atomic mass is 16.5. The van der Waals surface area contributed by atoms with E-state index in [1.54, 1.807) is 30.0 Å². The predicted octanol–water partition coefficient (Wildman–Crippen LogP) is 0.639. The van der Waals surface area contributed by atoms with Gasteiger partial charge >= 0.3 is 0 Å². The van der Waals surface area contributed by atoms with E-state index in [2.05, 4.69) is 9.97 Å². The maximum Gasteiger partial charge on any atom is 0.274 e. The fourth-order valence-electron chi connectivity index (χ4n) is 3.32. The van der Waals surface area contributed by atoms with E-state index in [1.165, 1.54) is 6.20 Å². The highest BCUT2D eigenvalue weighted by Gasteiger charge is 2.47. The number of likely N-dealkylation sites (tertiary alicyclic amines) is 1. The van der Waals surface area contributed by atoms with Crippen LogP contribution in [-0.4, -0.2) is 70.5 Å². The van der Waals surface area contributed by atoms with Crippen LogP contribution in [0.5, 0.6) is 0 Å². The molecule has 2 amide bonds. The van der Waals surface area contributed by atoms with Crippen LogP contribution in [0.4, 0.5) is 0 Å². The molecular weight excluding hydrogens is 296 g/mol. The molecule has 2 aliphatic heterocycles. The van der Waals surface area contributed by atoms with Crippen LogP contribution in [0, 0.1) is 6.92 Å². The molecule has 0 aliphatic carbocycles. The van der Waals surface area contributed by atoms with Gasteiger partial charge in [-0.3, -0.25) is 14.6 Å². The molecule has 0 saturated carbocycles. The zero-order valence-corrected chi connectivity index (χ0v) is 13.6. The lowest BCUT2D eigenvalue weighted by Crippen LogP contribution is -2.60. The predicted molar refractivity (Wildman–Crippen MR) is 82.8 cm³/mol. The molecule has 2 saturated heterocycles. The van der Waals surface area contributed by atoms with Crippen molar-refractivity contribution in [2.24, 2.45) is 0 Å². The molecule has 1 spiro atoms. The Morgan fingerprint density at radius 3 is 2.83 bits per heavy atom. The van der Waals surface area contributed by atoms with Crippen molar-refractivity contribution >= 4 is 11.8 Å². The molecular formula is C16H22N4O3. The SMILES string of the molecule is Cc1nccnc1C(=O)N1CCOC2(CCCCN(C)C2=O)C1. The van der Waals surface area contributed by atoms with Gasteiger partial charge in [-0.1, -0.05) is 0 Å². The zero-order chi connectivity index (χ0) is 16.4. The number of aryl methyl sites for hydroxylation is 1.